The molecule has 0 aliphatic heterocycles. The zero-order chi connectivity index (χ0) is 28.3. The monoisotopic (exact) mass is 530 g/mol. The number of ether oxygens (including phenoxy) is 2. The average molecular weight is 530 g/mol. The topological polar surface area (TPSA) is 176 Å². The molecule has 0 saturated carbocycles. The van der Waals surface area contributed by atoms with E-state index in [1.807, 2.05) is 0 Å². The number of imidazole rings is 2. The Bertz CT molecular complexity index is 1860. The molecule has 4 rings (SSSR count). The van der Waals surface area contributed by atoms with E-state index in [0.717, 1.165) is 9.13 Å². The molecule has 0 amide bonds. The minimum Gasteiger partial charge on any atom is -0.456 e. The van der Waals surface area contributed by atoms with Crippen LogP contribution >= 0.6 is 0 Å². The van der Waals surface area contributed by atoms with Crippen molar-refractivity contribution in [3.05, 3.63) is 54.3 Å². The molecule has 0 N–H and O–H groups in total. The van der Waals surface area contributed by atoms with E-state index < -0.39 is 52.8 Å². The Kier molecular flexibility index (Phi) is 6.21. The molecule has 0 aliphatic rings. The zero-order valence-corrected chi connectivity index (χ0v) is 21.8. The summed E-state index contributed by atoms with van der Waals surface area (Å²) in [4.78, 5) is 86.4. The highest BCUT2D eigenvalue weighted by Crippen LogP contribution is 2.16. The van der Waals surface area contributed by atoms with Gasteiger partial charge in [0.15, 0.2) is 22.3 Å². The minimum atomic E-state index is -2.16. The number of carbonyl (C=O) groups is 2. The summed E-state index contributed by atoms with van der Waals surface area (Å²) in [6.45, 7) is 3.71. The van der Waals surface area contributed by atoms with E-state index in [0.29, 0.717) is 9.13 Å². The van der Waals surface area contributed by atoms with Gasteiger partial charge in [0, 0.05) is 28.2 Å². The molecule has 0 fully saturated rings. The first-order valence-corrected chi connectivity index (χ1v) is 11.3. The molecule has 16 heteroatoms. The number of carbonyl (C=O) groups excluding carboxylic acids is 2. The van der Waals surface area contributed by atoms with Crippen LogP contribution in [0, 0.1) is 0 Å². The van der Waals surface area contributed by atoms with E-state index in [-0.39, 0.29) is 22.3 Å². The van der Waals surface area contributed by atoms with Gasteiger partial charge in [0.2, 0.25) is 0 Å². The van der Waals surface area contributed by atoms with Crippen LogP contribution in [-0.2, 0) is 53.8 Å². The van der Waals surface area contributed by atoms with E-state index in [1.165, 1.54) is 42.9 Å². The summed E-state index contributed by atoms with van der Waals surface area (Å²) >= 11 is 0. The Labute approximate surface area is 212 Å². The predicted molar refractivity (Wildman–Crippen MR) is 131 cm³/mol. The largest absolute Gasteiger partial charge is 0.456 e. The van der Waals surface area contributed by atoms with Crippen molar-refractivity contribution in [2.75, 3.05) is 0 Å². The van der Waals surface area contributed by atoms with Crippen molar-refractivity contribution in [2.24, 2.45) is 28.2 Å². The lowest BCUT2D eigenvalue weighted by molar-refractivity contribution is -0.183. The van der Waals surface area contributed by atoms with Gasteiger partial charge >= 0.3 is 23.3 Å². The summed E-state index contributed by atoms with van der Waals surface area (Å²) < 4.78 is 16.4. The Morgan fingerprint density at radius 3 is 1.87 bits per heavy atom. The van der Waals surface area contributed by atoms with Crippen LogP contribution in [0.2, 0.25) is 0 Å². The molecule has 4 aromatic rings. The molecule has 1 unspecified atom stereocenters. The molecule has 0 bridgehead atoms. The van der Waals surface area contributed by atoms with Crippen LogP contribution < -0.4 is 22.5 Å². The number of fused-ring (bicyclic) bond motifs is 2. The Balaban J connectivity index is 1.83. The highest BCUT2D eigenvalue weighted by molar-refractivity contribution is 5.79. The molecule has 4 aromatic heterocycles. The van der Waals surface area contributed by atoms with Gasteiger partial charge in [-0.15, -0.1) is 0 Å². The predicted octanol–water partition coefficient (Wildman–Crippen LogP) is -1.74. The molecule has 0 spiro atoms. The second kappa shape index (κ2) is 8.97. The van der Waals surface area contributed by atoms with Crippen molar-refractivity contribution in [3.8, 4) is 0 Å². The van der Waals surface area contributed by atoms with Gasteiger partial charge < -0.3 is 18.6 Å². The molecule has 38 heavy (non-hydrogen) atoms. The summed E-state index contributed by atoms with van der Waals surface area (Å²) in [6, 6.07) is 0. The number of rotatable bonds is 5. The quantitative estimate of drug-likeness (QED) is 0.269. The number of hydrogen-bond donors (Lipinski definition) is 0. The molecule has 4 heterocycles. The van der Waals surface area contributed by atoms with Crippen molar-refractivity contribution in [1.82, 2.24) is 37.4 Å². The number of nitrogens with zero attached hydrogens (tertiary/aromatic N) is 8. The molecule has 0 radical (unpaired) electrons. The van der Waals surface area contributed by atoms with Crippen LogP contribution in [0.1, 0.15) is 27.0 Å². The molecule has 16 nitrogen and oxygen atoms in total. The molecule has 0 aliphatic carbocycles. The third-order valence-corrected chi connectivity index (χ3v) is 5.72. The summed E-state index contributed by atoms with van der Waals surface area (Å²) in [6.07, 6.45) is 0.483. The van der Waals surface area contributed by atoms with Crippen LogP contribution in [0.4, 0.5) is 0 Å². The first-order valence-electron chi connectivity index (χ1n) is 11.3. The summed E-state index contributed by atoms with van der Waals surface area (Å²) in [5, 5.41) is 0. The maximum absolute atomic E-state index is 13.3. The van der Waals surface area contributed by atoms with Gasteiger partial charge in [-0.05, 0) is 20.8 Å². The second-order valence-electron chi connectivity index (χ2n) is 9.68. The van der Waals surface area contributed by atoms with Crippen LogP contribution in [0.25, 0.3) is 22.3 Å². The third-order valence-electron chi connectivity index (χ3n) is 5.72. The van der Waals surface area contributed by atoms with Crippen LogP contribution in [0.5, 0.6) is 0 Å². The standard InChI is InChI=1S/C22H26N8O8/c1-22(2,3)38-19(34)18(30-17(33)13-15(24-10-26(13)5)28(7)21(30)36)37-11(31)8-29-16(32)12-14(23-9-25(12)4)27(6)20(29)35/h9-10,18H,8H2,1-7H3. The molecule has 0 aromatic carbocycles. The van der Waals surface area contributed by atoms with Gasteiger partial charge in [-0.3, -0.25) is 23.5 Å². The van der Waals surface area contributed by atoms with E-state index in [1.54, 1.807) is 27.8 Å². The van der Waals surface area contributed by atoms with Crippen molar-refractivity contribution < 1.29 is 19.1 Å². The normalized spacial score (nSPS) is 12.7. The Hall–Kier alpha value is -4.76. The maximum atomic E-state index is 13.3. The fraction of sp³-hybridized carbons (Fsp3) is 0.455. The highest BCUT2D eigenvalue weighted by atomic mass is 16.6. The van der Waals surface area contributed by atoms with E-state index in [4.69, 9.17) is 9.47 Å². The van der Waals surface area contributed by atoms with Gasteiger partial charge in [0.05, 0.1) is 12.7 Å². The highest BCUT2D eigenvalue weighted by Gasteiger charge is 2.34. The van der Waals surface area contributed by atoms with Crippen LogP contribution in [0.3, 0.4) is 0 Å². The maximum Gasteiger partial charge on any atom is 0.370 e. The van der Waals surface area contributed by atoms with Crippen molar-refractivity contribution in [1.29, 1.82) is 0 Å². The third kappa shape index (κ3) is 4.22. The van der Waals surface area contributed by atoms with E-state index >= 15 is 0 Å². The lowest BCUT2D eigenvalue weighted by Crippen LogP contribution is -2.48. The minimum absolute atomic E-state index is 0.0385. The van der Waals surface area contributed by atoms with Gasteiger partial charge in [-0.2, -0.15) is 0 Å². The molecule has 202 valence electrons. The second-order valence-corrected chi connectivity index (χ2v) is 9.68. The van der Waals surface area contributed by atoms with E-state index in [2.05, 4.69) is 9.97 Å². The molecular weight excluding hydrogens is 504 g/mol. The SMILES string of the molecule is Cn1cnc2c1c(=O)n(CC(=O)OC(C(=O)OC(C)(C)C)n1c(=O)c3c(ncn3C)n(C)c1=O)c(=O)n2C. The van der Waals surface area contributed by atoms with Crippen molar-refractivity contribution in [2.45, 2.75) is 39.1 Å². The van der Waals surface area contributed by atoms with E-state index in [9.17, 15) is 28.8 Å². The number of aromatic nitrogens is 8. The summed E-state index contributed by atoms with van der Waals surface area (Å²) in [7, 11) is 5.75. The first kappa shape index (κ1) is 26.3. The lowest BCUT2D eigenvalue weighted by atomic mass is 10.2. The van der Waals surface area contributed by atoms with Gasteiger partial charge in [0.25, 0.3) is 17.3 Å². The Morgan fingerprint density at radius 2 is 1.34 bits per heavy atom. The average Bonchev–Trinajstić information content (AvgIpc) is 3.40. The molecular formula is C22H26N8O8. The number of esters is 2. The van der Waals surface area contributed by atoms with Gasteiger partial charge in [-0.1, -0.05) is 0 Å². The number of aryl methyl sites for hydroxylation is 4. The van der Waals surface area contributed by atoms with Gasteiger partial charge in [0.1, 0.15) is 12.1 Å². The van der Waals surface area contributed by atoms with Crippen molar-refractivity contribution >= 4 is 34.3 Å². The van der Waals surface area contributed by atoms with Crippen LogP contribution in [0.15, 0.2) is 31.8 Å². The zero-order valence-electron chi connectivity index (χ0n) is 21.8. The van der Waals surface area contributed by atoms with Crippen molar-refractivity contribution in [3.63, 3.8) is 0 Å². The first-order chi connectivity index (χ1) is 17.6. The molecule has 1 atom stereocenters. The summed E-state index contributed by atoms with van der Waals surface area (Å²) in [5.74, 6) is -2.46. The Morgan fingerprint density at radius 1 is 0.842 bits per heavy atom. The molecule has 0 saturated heterocycles. The number of hydrogen-bond acceptors (Lipinski definition) is 10. The fourth-order valence-electron chi connectivity index (χ4n) is 3.95. The summed E-state index contributed by atoms with van der Waals surface area (Å²) in [5.41, 5.74) is -4.56. The smallest absolute Gasteiger partial charge is 0.370 e. The van der Waals surface area contributed by atoms with Crippen LogP contribution in [-0.4, -0.2) is 54.9 Å². The fourth-order valence-corrected chi connectivity index (χ4v) is 3.95. The lowest BCUT2D eigenvalue weighted by Gasteiger charge is -2.25. The van der Waals surface area contributed by atoms with Gasteiger partial charge in [-0.25, -0.2) is 33.5 Å².